The first-order chi connectivity index (χ1) is 7.07. The highest BCUT2D eigenvalue weighted by Gasteiger charge is 2.10. The van der Waals surface area contributed by atoms with Gasteiger partial charge in [-0.05, 0) is 19.8 Å². The molecule has 1 atom stereocenters. The first kappa shape index (κ1) is 13.6. The summed E-state index contributed by atoms with van der Waals surface area (Å²) in [6, 6.07) is -0.578. The van der Waals surface area contributed by atoms with Crippen molar-refractivity contribution in [3.05, 3.63) is 12.2 Å². The maximum atomic E-state index is 10.9. The lowest BCUT2D eigenvalue weighted by atomic mass is 10.2. The number of hydrogen-bond acceptors (Lipinski definition) is 4. The minimum atomic E-state index is -0.578. The highest BCUT2D eigenvalue weighted by molar-refractivity contribution is 5.77. The summed E-state index contributed by atoms with van der Waals surface area (Å²) in [6.07, 6.45) is 5.05. The Kier molecular flexibility index (Phi) is 7.27. The Labute approximate surface area is 90.2 Å². The van der Waals surface area contributed by atoms with Gasteiger partial charge >= 0.3 is 5.97 Å². The van der Waals surface area contributed by atoms with Crippen LogP contribution in [-0.4, -0.2) is 31.5 Å². The molecule has 5 nitrogen and oxygen atoms in total. The van der Waals surface area contributed by atoms with Gasteiger partial charge in [0.25, 0.3) is 0 Å². The van der Waals surface area contributed by atoms with E-state index in [2.05, 4.69) is 9.73 Å². The monoisotopic (exact) mass is 213 g/mol. The van der Waals surface area contributed by atoms with Gasteiger partial charge in [0, 0.05) is 6.54 Å². The average molecular weight is 213 g/mol. The number of rotatable bonds is 6. The Hall–Kier alpha value is -1.36. The largest absolute Gasteiger partial charge is 0.468 e. The Bertz CT molecular complexity index is 245. The molecule has 15 heavy (non-hydrogen) atoms. The maximum Gasteiger partial charge on any atom is 0.322 e. The van der Waals surface area contributed by atoms with Gasteiger partial charge in [-0.25, -0.2) is 0 Å². The Morgan fingerprint density at radius 1 is 1.53 bits per heavy atom. The molecule has 0 amide bonds. The highest BCUT2D eigenvalue weighted by Crippen LogP contribution is 1.94. The average Bonchev–Trinajstić information content (AvgIpc) is 2.21. The van der Waals surface area contributed by atoms with Crippen LogP contribution >= 0.6 is 0 Å². The number of esters is 1. The van der Waals surface area contributed by atoms with E-state index in [1.165, 1.54) is 7.11 Å². The van der Waals surface area contributed by atoms with E-state index in [0.29, 0.717) is 18.8 Å². The van der Waals surface area contributed by atoms with Crippen LogP contribution in [0.5, 0.6) is 0 Å². The lowest BCUT2D eigenvalue weighted by molar-refractivity contribution is -0.142. The molecule has 5 heteroatoms. The molecule has 0 saturated heterocycles. The molecule has 0 radical (unpaired) electrons. The van der Waals surface area contributed by atoms with Crippen molar-refractivity contribution in [1.82, 2.24) is 0 Å². The topological polar surface area (TPSA) is 90.7 Å². The van der Waals surface area contributed by atoms with E-state index >= 15 is 0 Å². The quantitative estimate of drug-likeness (QED) is 0.217. The molecular weight excluding hydrogens is 194 g/mol. The molecule has 0 saturated carbocycles. The van der Waals surface area contributed by atoms with Crippen molar-refractivity contribution in [2.45, 2.75) is 25.8 Å². The van der Waals surface area contributed by atoms with Gasteiger partial charge in [0.1, 0.15) is 6.04 Å². The Balaban J connectivity index is 3.63. The fourth-order valence-electron chi connectivity index (χ4n) is 0.924. The number of methoxy groups -OCH3 is 1. The molecule has 0 heterocycles. The fraction of sp³-hybridized carbons (Fsp3) is 0.600. The number of hydrogen-bond donors (Lipinski definition) is 2. The number of amidine groups is 1. The predicted octanol–water partition coefficient (Wildman–Crippen LogP) is 0.200. The first-order valence-corrected chi connectivity index (χ1v) is 4.83. The second-order valence-electron chi connectivity index (χ2n) is 3.15. The standard InChI is InChI=1S/C10H19N3O2/c1-8(11)13-7-5-3-4-6-9(12)10(14)15-2/h3-4,9H,5-7,12H2,1-2H3,(H2,11,13)/b4-3-. The van der Waals surface area contributed by atoms with Crippen LogP contribution in [0.15, 0.2) is 17.1 Å². The van der Waals surface area contributed by atoms with Gasteiger partial charge in [0.2, 0.25) is 0 Å². The van der Waals surface area contributed by atoms with Gasteiger partial charge in [-0.2, -0.15) is 0 Å². The maximum absolute atomic E-state index is 10.9. The van der Waals surface area contributed by atoms with E-state index in [-0.39, 0.29) is 0 Å². The Morgan fingerprint density at radius 3 is 2.73 bits per heavy atom. The second kappa shape index (κ2) is 7.99. The van der Waals surface area contributed by atoms with Crippen molar-refractivity contribution in [2.75, 3.05) is 13.7 Å². The van der Waals surface area contributed by atoms with E-state index < -0.39 is 12.0 Å². The lowest BCUT2D eigenvalue weighted by Crippen LogP contribution is -2.30. The van der Waals surface area contributed by atoms with E-state index in [1.807, 2.05) is 12.2 Å². The summed E-state index contributed by atoms with van der Waals surface area (Å²) < 4.78 is 4.49. The third-order valence-electron chi connectivity index (χ3n) is 1.72. The van der Waals surface area contributed by atoms with Crippen LogP contribution in [0.2, 0.25) is 0 Å². The van der Waals surface area contributed by atoms with Gasteiger partial charge in [-0.15, -0.1) is 0 Å². The van der Waals surface area contributed by atoms with Gasteiger partial charge in [0.15, 0.2) is 0 Å². The van der Waals surface area contributed by atoms with Crippen molar-refractivity contribution in [1.29, 1.82) is 0 Å². The lowest BCUT2D eigenvalue weighted by Gasteiger charge is -2.04. The molecule has 0 aliphatic heterocycles. The predicted molar refractivity (Wildman–Crippen MR) is 60.5 cm³/mol. The Morgan fingerprint density at radius 2 is 2.20 bits per heavy atom. The minimum Gasteiger partial charge on any atom is -0.468 e. The number of carbonyl (C=O) groups excluding carboxylic acids is 1. The third kappa shape index (κ3) is 7.69. The van der Waals surface area contributed by atoms with E-state index in [1.54, 1.807) is 6.92 Å². The zero-order chi connectivity index (χ0) is 11.7. The summed E-state index contributed by atoms with van der Waals surface area (Å²) in [4.78, 5) is 14.9. The molecule has 0 bridgehead atoms. The van der Waals surface area contributed by atoms with E-state index in [0.717, 1.165) is 6.42 Å². The summed E-state index contributed by atoms with van der Waals surface area (Å²) in [5, 5.41) is 0. The zero-order valence-electron chi connectivity index (χ0n) is 9.27. The molecule has 0 aliphatic carbocycles. The summed E-state index contributed by atoms with van der Waals surface area (Å²) in [6.45, 7) is 2.41. The summed E-state index contributed by atoms with van der Waals surface area (Å²) >= 11 is 0. The summed E-state index contributed by atoms with van der Waals surface area (Å²) in [7, 11) is 1.32. The smallest absolute Gasteiger partial charge is 0.322 e. The molecule has 4 N–H and O–H groups in total. The van der Waals surface area contributed by atoms with E-state index in [9.17, 15) is 4.79 Å². The fourth-order valence-corrected chi connectivity index (χ4v) is 0.924. The van der Waals surface area contributed by atoms with Crippen LogP contribution in [0, 0.1) is 0 Å². The normalized spacial score (nSPS) is 14.2. The molecule has 0 aromatic rings. The number of nitrogens with two attached hydrogens (primary N) is 2. The molecular formula is C10H19N3O2. The minimum absolute atomic E-state index is 0.393. The van der Waals surface area contributed by atoms with Crippen LogP contribution in [-0.2, 0) is 9.53 Å². The SMILES string of the molecule is COC(=O)C(N)C/C=C\CCN=C(C)N. The van der Waals surface area contributed by atoms with Gasteiger partial charge in [-0.1, -0.05) is 12.2 Å². The number of aliphatic imine (C=N–C) groups is 1. The van der Waals surface area contributed by atoms with Gasteiger partial charge < -0.3 is 16.2 Å². The van der Waals surface area contributed by atoms with Gasteiger partial charge in [-0.3, -0.25) is 9.79 Å². The number of ether oxygens (including phenoxy) is 1. The summed E-state index contributed by atoms with van der Waals surface area (Å²) in [5.74, 6) is 0.185. The van der Waals surface area contributed by atoms with Crippen LogP contribution in [0.25, 0.3) is 0 Å². The van der Waals surface area contributed by atoms with Crippen LogP contribution in [0.1, 0.15) is 19.8 Å². The van der Waals surface area contributed by atoms with Crippen molar-refractivity contribution in [2.24, 2.45) is 16.5 Å². The van der Waals surface area contributed by atoms with Crippen molar-refractivity contribution < 1.29 is 9.53 Å². The summed E-state index contributed by atoms with van der Waals surface area (Å²) in [5.41, 5.74) is 10.9. The first-order valence-electron chi connectivity index (χ1n) is 4.83. The van der Waals surface area contributed by atoms with Crippen molar-refractivity contribution in [3.63, 3.8) is 0 Å². The van der Waals surface area contributed by atoms with Gasteiger partial charge in [0.05, 0.1) is 12.9 Å². The molecule has 0 spiro atoms. The second-order valence-corrected chi connectivity index (χ2v) is 3.15. The molecule has 86 valence electrons. The van der Waals surface area contributed by atoms with Crippen molar-refractivity contribution in [3.8, 4) is 0 Å². The molecule has 0 rings (SSSR count). The number of nitrogens with zero attached hydrogens (tertiary/aromatic N) is 1. The number of carbonyl (C=O) groups is 1. The molecule has 0 aliphatic rings. The van der Waals surface area contributed by atoms with Crippen LogP contribution < -0.4 is 11.5 Å². The molecule has 1 unspecified atom stereocenters. The van der Waals surface area contributed by atoms with E-state index in [4.69, 9.17) is 11.5 Å². The van der Waals surface area contributed by atoms with Crippen LogP contribution in [0.4, 0.5) is 0 Å². The van der Waals surface area contributed by atoms with Crippen LogP contribution in [0.3, 0.4) is 0 Å². The van der Waals surface area contributed by atoms with Crippen molar-refractivity contribution >= 4 is 11.8 Å². The molecule has 0 aromatic carbocycles. The zero-order valence-corrected chi connectivity index (χ0v) is 9.27. The third-order valence-corrected chi connectivity index (χ3v) is 1.72. The molecule has 0 fully saturated rings. The molecule has 0 aromatic heterocycles. The highest BCUT2D eigenvalue weighted by atomic mass is 16.5.